The van der Waals surface area contributed by atoms with Crippen molar-refractivity contribution in [2.75, 3.05) is 5.75 Å². The monoisotopic (exact) mass is 482 g/mol. The normalized spacial score (nSPS) is 11.2. The van der Waals surface area contributed by atoms with Gasteiger partial charge in [-0.15, -0.1) is 11.8 Å². The maximum absolute atomic E-state index is 13.3. The highest BCUT2D eigenvalue weighted by Gasteiger charge is 2.23. The molecular weight excluding hydrogens is 468 g/mol. The second-order valence-electron chi connectivity index (χ2n) is 5.39. The van der Waals surface area contributed by atoms with Gasteiger partial charge in [-0.2, -0.15) is 5.10 Å². The van der Waals surface area contributed by atoms with Gasteiger partial charge >= 0.3 is 0 Å². The van der Waals surface area contributed by atoms with Gasteiger partial charge in [0.05, 0.1) is 25.7 Å². The molecule has 1 N–H and O–H groups in total. The van der Waals surface area contributed by atoms with Gasteiger partial charge in [0, 0.05) is 16.7 Å². The first-order chi connectivity index (χ1) is 12.0. The lowest BCUT2D eigenvalue weighted by molar-refractivity contribution is 0.103. The number of carbonyl (C=O) groups is 1. The highest BCUT2D eigenvalue weighted by atomic mass is 79.9. The van der Waals surface area contributed by atoms with Crippen LogP contribution in [0.2, 0.25) is 0 Å². The first-order valence-corrected chi connectivity index (χ1v) is 10.4. The van der Waals surface area contributed by atoms with E-state index in [1.165, 1.54) is 0 Å². The molecule has 0 fully saturated rings. The van der Waals surface area contributed by atoms with Gasteiger partial charge in [-0.25, -0.2) is 4.52 Å². The number of halogens is 2. The van der Waals surface area contributed by atoms with Gasteiger partial charge in [0.1, 0.15) is 5.75 Å². The first kappa shape index (κ1) is 18.5. The maximum atomic E-state index is 13.3. The SMILES string of the molecule is CCSc1cccn2nc(CC)c(C(=O)c3cc(Br)c(O)c(Br)c3)c12. The van der Waals surface area contributed by atoms with Crippen molar-refractivity contribution >= 4 is 54.9 Å². The summed E-state index contributed by atoms with van der Waals surface area (Å²) in [5.74, 6) is 0.891. The number of ketones is 1. The zero-order valence-corrected chi connectivity index (χ0v) is 17.7. The van der Waals surface area contributed by atoms with Gasteiger partial charge in [-0.1, -0.05) is 13.8 Å². The number of pyridine rings is 1. The van der Waals surface area contributed by atoms with E-state index < -0.39 is 0 Å². The molecule has 0 amide bonds. The van der Waals surface area contributed by atoms with Crippen LogP contribution in [0, 0.1) is 0 Å². The van der Waals surface area contributed by atoms with Crippen LogP contribution in [0.15, 0.2) is 44.3 Å². The predicted molar refractivity (Wildman–Crippen MR) is 108 cm³/mol. The van der Waals surface area contributed by atoms with Gasteiger partial charge in [0.2, 0.25) is 0 Å². The van der Waals surface area contributed by atoms with Crippen molar-refractivity contribution in [1.29, 1.82) is 0 Å². The molecule has 0 saturated carbocycles. The quantitative estimate of drug-likeness (QED) is 0.386. The molecule has 0 aliphatic rings. The summed E-state index contributed by atoms with van der Waals surface area (Å²) in [5.41, 5.74) is 2.74. The Labute approximate surface area is 166 Å². The van der Waals surface area contributed by atoms with E-state index in [9.17, 15) is 9.90 Å². The summed E-state index contributed by atoms with van der Waals surface area (Å²) in [6.45, 7) is 4.08. The Balaban J connectivity index is 2.25. The summed E-state index contributed by atoms with van der Waals surface area (Å²) in [6.07, 6.45) is 2.53. The minimum absolute atomic E-state index is 0.0781. The molecule has 0 radical (unpaired) electrons. The number of aromatic hydroxyl groups is 1. The molecule has 3 aromatic rings. The van der Waals surface area contributed by atoms with E-state index in [-0.39, 0.29) is 11.5 Å². The number of hydrogen-bond donors (Lipinski definition) is 1. The fourth-order valence-electron chi connectivity index (χ4n) is 2.72. The zero-order valence-electron chi connectivity index (χ0n) is 13.7. The van der Waals surface area contributed by atoms with Crippen LogP contribution in [0.1, 0.15) is 35.5 Å². The topological polar surface area (TPSA) is 54.6 Å². The molecular formula is C18H16Br2N2O2S. The fraction of sp³-hybridized carbons (Fsp3) is 0.222. The number of phenols is 1. The number of carbonyl (C=O) groups excluding carboxylic acids is 1. The number of benzene rings is 1. The average Bonchev–Trinajstić information content (AvgIpc) is 2.98. The number of aryl methyl sites for hydroxylation is 1. The molecule has 2 aromatic heterocycles. The van der Waals surface area contributed by atoms with Crippen molar-refractivity contribution in [3.63, 3.8) is 0 Å². The van der Waals surface area contributed by atoms with Crippen molar-refractivity contribution in [1.82, 2.24) is 9.61 Å². The lowest BCUT2D eigenvalue weighted by Gasteiger charge is -2.08. The molecule has 7 heteroatoms. The Morgan fingerprint density at radius 3 is 2.56 bits per heavy atom. The Bertz CT molecular complexity index is 946. The van der Waals surface area contributed by atoms with E-state index in [1.54, 1.807) is 28.4 Å². The largest absolute Gasteiger partial charge is 0.506 e. The third kappa shape index (κ3) is 3.37. The number of rotatable bonds is 5. The number of aromatic nitrogens is 2. The maximum Gasteiger partial charge on any atom is 0.197 e. The summed E-state index contributed by atoms with van der Waals surface area (Å²) < 4.78 is 2.74. The van der Waals surface area contributed by atoms with Crippen molar-refractivity contribution in [3.05, 3.63) is 56.2 Å². The van der Waals surface area contributed by atoms with Crippen LogP contribution in [0.25, 0.3) is 5.52 Å². The van der Waals surface area contributed by atoms with E-state index in [2.05, 4.69) is 43.9 Å². The van der Waals surface area contributed by atoms with Gasteiger partial charge in [-0.05, 0) is 68.3 Å². The molecule has 25 heavy (non-hydrogen) atoms. The van der Waals surface area contributed by atoms with E-state index in [0.717, 1.165) is 21.9 Å². The second-order valence-corrected chi connectivity index (χ2v) is 8.41. The number of fused-ring (bicyclic) bond motifs is 1. The molecule has 4 nitrogen and oxygen atoms in total. The highest BCUT2D eigenvalue weighted by molar-refractivity contribution is 9.11. The molecule has 0 atom stereocenters. The van der Waals surface area contributed by atoms with Crippen molar-refractivity contribution < 1.29 is 9.90 Å². The molecule has 1 aromatic carbocycles. The van der Waals surface area contributed by atoms with Crippen LogP contribution >= 0.6 is 43.6 Å². The Morgan fingerprint density at radius 2 is 1.96 bits per heavy atom. The van der Waals surface area contributed by atoms with Gasteiger partial charge in [0.15, 0.2) is 5.78 Å². The van der Waals surface area contributed by atoms with Crippen LogP contribution in [-0.4, -0.2) is 26.3 Å². The van der Waals surface area contributed by atoms with E-state index in [4.69, 9.17) is 0 Å². The molecule has 0 aliphatic carbocycles. The van der Waals surface area contributed by atoms with E-state index in [1.807, 2.05) is 25.3 Å². The van der Waals surface area contributed by atoms with Gasteiger partial charge in [-0.3, -0.25) is 4.79 Å². The van der Waals surface area contributed by atoms with Crippen molar-refractivity contribution in [3.8, 4) is 5.75 Å². The molecule has 3 rings (SSSR count). The summed E-state index contributed by atoms with van der Waals surface area (Å²) in [5, 5.41) is 14.5. The Morgan fingerprint density at radius 1 is 1.28 bits per heavy atom. The number of thioether (sulfide) groups is 1. The standard InChI is InChI=1S/C18H16Br2N2O2S/c1-3-13-15(16-14(25-4-2)6-5-7-22(16)21-13)17(23)10-8-11(19)18(24)12(20)9-10/h5-9,24H,3-4H2,1-2H3. The van der Waals surface area contributed by atoms with Crippen LogP contribution in [0.3, 0.4) is 0 Å². The third-order valence-corrected chi connectivity index (χ3v) is 5.97. The predicted octanol–water partition coefficient (Wildman–Crippen LogP) is 5.47. The molecule has 0 saturated heterocycles. The summed E-state index contributed by atoms with van der Waals surface area (Å²) in [4.78, 5) is 14.3. The minimum atomic E-state index is -0.0996. The minimum Gasteiger partial charge on any atom is -0.506 e. The molecule has 0 unspecified atom stereocenters. The lowest BCUT2D eigenvalue weighted by Crippen LogP contribution is -2.05. The Hall–Kier alpha value is -1.31. The van der Waals surface area contributed by atoms with Crippen molar-refractivity contribution in [2.24, 2.45) is 0 Å². The zero-order chi connectivity index (χ0) is 18.1. The van der Waals surface area contributed by atoms with E-state index in [0.29, 0.717) is 26.5 Å². The third-order valence-electron chi connectivity index (χ3n) is 3.83. The van der Waals surface area contributed by atoms with Crippen LogP contribution in [0.5, 0.6) is 5.75 Å². The lowest BCUT2D eigenvalue weighted by atomic mass is 10.0. The smallest absolute Gasteiger partial charge is 0.197 e. The van der Waals surface area contributed by atoms with E-state index >= 15 is 0 Å². The molecule has 0 aliphatic heterocycles. The Kier molecular flexibility index (Phi) is 5.55. The van der Waals surface area contributed by atoms with Gasteiger partial charge < -0.3 is 5.11 Å². The number of phenolic OH excluding ortho intramolecular Hbond substituents is 1. The molecule has 0 bridgehead atoms. The number of nitrogens with zero attached hydrogens (tertiary/aromatic N) is 2. The second kappa shape index (κ2) is 7.51. The summed E-state index contributed by atoms with van der Waals surface area (Å²) in [7, 11) is 0. The van der Waals surface area contributed by atoms with Crippen LogP contribution in [0.4, 0.5) is 0 Å². The fourth-order valence-corrected chi connectivity index (χ4v) is 4.72. The van der Waals surface area contributed by atoms with Gasteiger partial charge in [0.25, 0.3) is 0 Å². The molecule has 2 heterocycles. The van der Waals surface area contributed by atoms with Crippen LogP contribution in [-0.2, 0) is 6.42 Å². The summed E-state index contributed by atoms with van der Waals surface area (Å²) >= 11 is 8.28. The summed E-state index contributed by atoms with van der Waals surface area (Å²) in [6, 6.07) is 7.24. The highest BCUT2D eigenvalue weighted by Crippen LogP contribution is 2.35. The van der Waals surface area contributed by atoms with Crippen LogP contribution < -0.4 is 0 Å². The number of hydrogen-bond acceptors (Lipinski definition) is 4. The molecule has 130 valence electrons. The van der Waals surface area contributed by atoms with Crippen molar-refractivity contribution in [2.45, 2.75) is 25.2 Å². The molecule has 0 spiro atoms. The first-order valence-electron chi connectivity index (χ1n) is 7.83. The average molecular weight is 484 g/mol.